The Labute approximate surface area is 165 Å². The number of benzene rings is 1. The standard InChI is InChI=1S/C19H30ClN5S/c1-3-14(4-2)26-19-22-16-12-15(20)18(13-17(16)23-19)25-10-8-24(9-11-25)7-5-6-21/h12-14H,3-11,21H2,1-2H3,(H,22,23). The Morgan fingerprint density at radius 1 is 1.23 bits per heavy atom. The molecule has 0 atom stereocenters. The molecule has 0 amide bonds. The number of nitrogens with zero attached hydrogens (tertiary/aromatic N) is 3. The Hall–Kier alpha value is -0.950. The van der Waals surface area contributed by atoms with Crippen molar-refractivity contribution in [3.8, 4) is 0 Å². The van der Waals surface area contributed by atoms with Crippen LogP contribution in [0.5, 0.6) is 0 Å². The Bertz CT molecular complexity index is 707. The van der Waals surface area contributed by atoms with Crippen molar-refractivity contribution in [2.45, 2.75) is 43.5 Å². The van der Waals surface area contributed by atoms with Crippen LogP contribution in [0, 0.1) is 0 Å². The molecule has 1 aromatic carbocycles. The first kappa shape index (κ1) is 19.8. The number of H-pyrrole nitrogens is 1. The predicted octanol–water partition coefficient (Wildman–Crippen LogP) is 3.97. The summed E-state index contributed by atoms with van der Waals surface area (Å²) in [5.41, 5.74) is 8.75. The Morgan fingerprint density at radius 2 is 1.96 bits per heavy atom. The minimum Gasteiger partial charge on any atom is -0.368 e. The van der Waals surface area contributed by atoms with Crippen molar-refractivity contribution in [3.63, 3.8) is 0 Å². The molecule has 3 N–H and O–H groups in total. The number of thioether (sulfide) groups is 1. The summed E-state index contributed by atoms with van der Waals surface area (Å²) in [6, 6.07) is 4.16. The molecule has 144 valence electrons. The molecule has 0 radical (unpaired) electrons. The summed E-state index contributed by atoms with van der Waals surface area (Å²) in [5.74, 6) is 0. The van der Waals surface area contributed by atoms with E-state index < -0.39 is 0 Å². The first-order valence-electron chi connectivity index (χ1n) is 9.67. The lowest BCUT2D eigenvalue weighted by Crippen LogP contribution is -2.47. The molecule has 0 saturated carbocycles. The number of aromatic amines is 1. The third-order valence-electron chi connectivity index (χ3n) is 5.11. The third-order valence-corrected chi connectivity index (χ3v) is 6.83. The van der Waals surface area contributed by atoms with Crippen LogP contribution in [0.2, 0.25) is 5.02 Å². The fourth-order valence-electron chi connectivity index (χ4n) is 3.43. The highest BCUT2D eigenvalue weighted by Crippen LogP contribution is 2.33. The van der Waals surface area contributed by atoms with Gasteiger partial charge in [0.15, 0.2) is 5.16 Å². The smallest absolute Gasteiger partial charge is 0.166 e. The van der Waals surface area contributed by atoms with Gasteiger partial charge in [-0.1, -0.05) is 37.2 Å². The van der Waals surface area contributed by atoms with Crippen LogP contribution in [0.3, 0.4) is 0 Å². The van der Waals surface area contributed by atoms with Crippen LogP contribution in [0.15, 0.2) is 17.3 Å². The van der Waals surface area contributed by atoms with Crippen molar-refractivity contribution in [2.75, 3.05) is 44.2 Å². The summed E-state index contributed by atoms with van der Waals surface area (Å²) < 4.78 is 0. The van der Waals surface area contributed by atoms with Crippen molar-refractivity contribution in [1.29, 1.82) is 0 Å². The highest BCUT2D eigenvalue weighted by atomic mass is 35.5. The molecular formula is C19H30ClN5S. The number of nitrogens with two attached hydrogens (primary N) is 1. The second-order valence-corrected chi connectivity index (χ2v) is 8.59. The SMILES string of the molecule is CCC(CC)Sc1nc2cc(N3CCN(CCCN)CC3)c(Cl)cc2[nH]1. The van der Waals surface area contributed by atoms with Gasteiger partial charge in [0, 0.05) is 31.4 Å². The summed E-state index contributed by atoms with van der Waals surface area (Å²) in [6.07, 6.45) is 3.37. The molecule has 0 aliphatic carbocycles. The lowest BCUT2D eigenvalue weighted by molar-refractivity contribution is 0.256. The zero-order valence-corrected chi connectivity index (χ0v) is 17.4. The third kappa shape index (κ3) is 4.66. The van der Waals surface area contributed by atoms with E-state index in [0.29, 0.717) is 5.25 Å². The van der Waals surface area contributed by atoms with Crippen LogP contribution in [-0.2, 0) is 0 Å². The fraction of sp³-hybridized carbons (Fsp3) is 0.632. The van der Waals surface area contributed by atoms with Gasteiger partial charge in [-0.3, -0.25) is 4.90 Å². The van der Waals surface area contributed by atoms with Crippen LogP contribution < -0.4 is 10.6 Å². The van der Waals surface area contributed by atoms with Crippen LogP contribution in [0.4, 0.5) is 5.69 Å². The zero-order chi connectivity index (χ0) is 18.5. The Balaban J connectivity index is 1.72. The molecule has 0 spiro atoms. The quantitative estimate of drug-likeness (QED) is 0.662. The molecule has 1 fully saturated rings. The minimum absolute atomic E-state index is 0.604. The van der Waals surface area contributed by atoms with Gasteiger partial charge in [-0.2, -0.15) is 0 Å². The molecule has 5 nitrogen and oxygen atoms in total. The van der Waals surface area contributed by atoms with E-state index in [1.54, 1.807) is 0 Å². The van der Waals surface area contributed by atoms with Crippen LogP contribution in [0.1, 0.15) is 33.1 Å². The zero-order valence-electron chi connectivity index (χ0n) is 15.8. The van der Waals surface area contributed by atoms with Crippen molar-refractivity contribution in [3.05, 3.63) is 17.2 Å². The van der Waals surface area contributed by atoms with Gasteiger partial charge in [0.2, 0.25) is 0 Å². The normalized spacial score (nSPS) is 16.1. The van der Waals surface area contributed by atoms with E-state index in [-0.39, 0.29) is 0 Å². The molecule has 7 heteroatoms. The molecular weight excluding hydrogens is 366 g/mol. The number of nitrogens with one attached hydrogen (secondary N) is 1. The molecule has 3 rings (SSSR count). The maximum atomic E-state index is 6.60. The molecule has 2 heterocycles. The maximum Gasteiger partial charge on any atom is 0.166 e. The van der Waals surface area contributed by atoms with Gasteiger partial charge in [0.1, 0.15) is 0 Å². The van der Waals surface area contributed by atoms with E-state index in [1.165, 1.54) is 0 Å². The number of aromatic nitrogens is 2. The lowest BCUT2D eigenvalue weighted by atomic mass is 10.2. The molecule has 1 aliphatic heterocycles. The van der Waals surface area contributed by atoms with Gasteiger partial charge in [-0.05, 0) is 44.5 Å². The van der Waals surface area contributed by atoms with Crippen molar-refractivity contribution in [2.24, 2.45) is 5.73 Å². The van der Waals surface area contributed by atoms with E-state index in [2.05, 4.69) is 34.7 Å². The Morgan fingerprint density at radius 3 is 2.62 bits per heavy atom. The van der Waals surface area contributed by atoms with Crippen molar-refractivity contribution in [1.82, 2.24) is 14.9 Å². The van der Waals surface area contributed by atoms with E-state index in [4.69, 9.17) is 22.3 Å². The van der Waals surface area contributed by atoms with E-state index >= 15 is 0 Å². The molecule has 0 bridgehead atoms. The molecule has 1 aromatic heterocycles. The van der Waals surface area contributed by atoms with Crippen LogP contribution in [0.25, 0.3) is 11.0 Å². The second-order valence-electron chi connectivity index (χ2n) is 6.89. The first-order valence-corrected chi connectivity index (χ1v) is 10.9. The van der Waals surface area contributed by atoms with E-state index in [9.17, 15) is 0 Å². The van der Waals surface area contributed by atoms with Crippen LogP contribution in [-0.4, -0.2) is 59.4 Å². The maximum absolute atomic E-state index is 6.60. The molecule has 0 unspecified atom stereocenters. The first-order chi connectivity index (χ1) is 12.6. The number of halogens is 1. The fourth-order valence-corrected chi connectivity index (χ4v) is 4.69. The second kappa shape index (κ2) is 9.31. The van der Waals surface area contributed by atoms with Crippen LogP contribution >= 0.6 is 23.4 Å². The summed E-state index contributed by atoms with van der Waals surface area (Å²) in [4.78, 5) is 13.1. The van der Waals surface area contributed by atoms with Gasteiger partial charge >= 0.3 is 0 Å². The van der Waals surface area contributed by atoms with Gasteiger partial charge in [0.05, 0.1) is 21.7 Å². The number of rotatable bonds is 8. The largest absolute Gasteiger partial charge is 0.368 e. The number of fused-ring (bicyclic) bond motifs is 1. The van der Waals surface area contributed by atoms with Gasteiger partial charge < -0.3 is 15.6 Å². The molecule has 1 saturated heterocycles. The number of piperazine rings is 1. The van der Waals surface area contributed by atoms with Crippen molar-refractivity contribution < 1.29 is 0 Å². The summed E-state index contributed by atoms with van der Waals surface area (Å²) in [5, 5.41) is 2.40. The molecule has 1 aliphatic rings. The number of imidazole rings is 1. The topological polar surface area (TPSA) is 61.2 Å². The summed E-state index contributed by atoms with van der Waals surface area (Å²) in [7, 11) is 0. The van der Waals surface area contributed by atoms with E-state index in [0.717, 1.165) is 85.4 Å². The van der Waals surface area contributed by atoms with Crippen molar-refractivity contribution >= 4 is 40.1 Å². The highest BCUT2D eigenvalue weighted by Gasteiger charge is 2.20. The summed E-state index contributed by atoms with van der Waals surface area (Å²) in [6.45, 7) is 10.4. The van der Waals surface area contributed by atoms with Gasteiger partial charge in [-0.15, -0.1) is 0 Å². The number of hydrogen-bond acceptors (Lipinski definition) is 5. The number of hydrogen-bond donors (Lipinski definition) is 2. The van der Waals surface area contributed by atoms with Gasteiger partial charge in [-0.25, -0.2) is 4.98 Å². The Kier molecular flexibility index (Phi) is 7.09. The average Bonchev–Trinajstić information content (AvgIpc) is 3.05. The van der Waals surface area contributed by atoms with E-state index in [1.807, 2.05) is 17.8 Å². The average molecular weight is 396 g/mol. The predicted molar refractivity (Wildman–Crippen MR) is 114 cm³/mol. The van der Waals surface area contributed by atoms with Gasteiger partial charge in [0.25, 0.3) is 0 Å². The number of anilines is 1. The monoisotopic (exact) mass is 395 g/mol. The molecule has 26 heavy (non-hydrogen) atoms. The lowest BCUT2D eigenvalue weighted by Gasteiger charge is -2.36. The highest BCUT2D eigenvalue weighted by molar-refractivity contribution is 7.99. The summed E-state index contributed by atoms with van der Waals surface area (Å²) >= 11 is 8.43. The molecule has 2 aromatic rings. The minimum atomic E-state index is 0.604.